The number of aromatic carboxylic acids is 1. The molecule has 10 N–H and O–H groups in total. The van der Waals surface area contributed by atoms with Crippen LogP contribution >= 0.6 is 0 Å². The van der Waals surface area contributed by atoms with E-state index < -0.39 is 52.1 Å². The van der Waals surface area contributed by atoms with Crippen molar-refractivity contribution >= 4 is 58.4 Å². The molecule has 67 heavy (non-hydrogen) atoms. The van der Waals surface area contributed by atoms with Crippen LogP contribution < -0.4 is 33.3 Å². The number of carboxylic acid groups (broad SMARTS) is 2. The number of guanidine groups is 4. The average molecular weight is 935 g/mol. The predicted octanol–water partition coefficient (Wildman–Crippen LogP) is 0.799. The Morgan fingerprint density at radius 3 is 1.96 bits per heavy atom. The summed E-state index contributed by atoms with van der Waals surface area (Å²) in [6.45, 7) is 6.95. The third-order valence-electron chi connectivity index (χ3n) is 12.6. The number of halogens is 2. The Morgan fingerprint density at radius 2 is 1.42 bits per heavy atom. The van der Waals surface area contributed by atoms with Crippen molar-refractivity contribution in [2.45, 2.75) is 77.2 Å². The Kier molecular flexibility index (Phi) is 15.4. The van der Waals surface area contributed by atoms with E-state index in [1.807, 2.05) is 11.8 Å². The smallest absolute Gasteiger partial charge is 0.341 e. The average Bonchev–Trinajstić information content (AvgIpc) is 3.98. The number of ketones is 1. The fraction of sp³-hybridized carbons (Fsp3) is 0.512. The van der Waals surface area contributed by atoms with Crippen LogP contribution in [0.5, 0.6) is 0 Å². The van der Waals surface area contributed by atoms with Gasteiger partial charge in [0.2, 0.25) is 23.1 Å². The maximum Gasteiger partial charge on any atom is 0.341 e. The van der Waals surface area contributed by atoms with Crippen molar-refractivity contribution < 1.29 is 33.4 Å². The van der Waals surface area contributed by atoms with Gasteiger partial charge in [-0.05, 0) is 51.7 Å². The van der Waals surface area contributed by atoms with Gasteiger partial charge in [0.15, 0.2) is 29.4 Å². The number of likely N-dealkylation sites (tertiary alicyclic amines) is 1. The molecule has 4 aliphatic heterocycles. The van der Waals surface area contributed by atoms with E-state index in [-0.39, 0.29) is 58.3 Å². The Morgan fingerprint density at radius 1 is 0.851 bits per heavy atom. The zero-order valence-corrected chi connectivity index (χ0v) is 38.4. The van der Waals surface area contributed by atoms with Gasteiger partial charge in [0.05, 0.1) is 17.5 Å². The second-order valence-corrected chi connectivity index (χ2v) is 16.7. The lowest BCUT2D eigenvalue weighted by atomic mass is 9.93. The monoisotopic (exact) mass is 934 g/mol. The molecule has 0 radical (unpaired) electrons. The molecule has 0 aliphatic carbocycles. The minimum atomic E-state index is -1.39. The molecule has 2 fully saturated rings. The highest BCUT2D eigenvalue weighted by Gasteiger charge is 2.43. The number of fused-ring (bicyclic) bond motifs is 2. The summed E-state index contributed by atoms with van der Waals surface area (Å²) in [5, 5.41) is 18.9. The Labute approximate surface area is 386 Å². The first kappa shape index (κ1) is 49.2. The number of hydrogen-bond acceptors (Lipinski definition) is 11. The number of anilines is 1. The van der Waals surface area contributed by atoms with Crippen molar-refractivity contribution in [1.29, 1.82) is 0 Å². The topological polar surface area (TPSA) is 300 Å². The van der Waals surface area contributed by atoms with E-state index in [9.17, 15) is 29.4 Å². The van der Waals surface area contributed by atoms with Crippen LogP contribution in [0.2, 0.25) is 0 Å². The number of likely N-dealkylation sites (N-methyl/N-ethyl adjacent to an activating group) is 4. The van der Waals surface area contributed by atoms with Crippen LogP contribution in [0.25, 0.3) is 11.0 Å². The molecular formula is C43H60F2N16O6. The summed E-state index contributed by atoms with van der Waals surface area (Å²) in [6.07, 6.45) is 7.49. The number of carboxylic acids is 2. The van der Waals surface area contributed by atoms with E-state index in [1.54, 1.807) is 52.6 Å². The van der Waals surface area contributed by atoms with Crippen molar-refractivity contribution in [1.82, 2.24) is 34.1 Å². The van der Waals surface area contributed by atoms with Gasteiger partial charge >= 0.3 is 11.9 Å². The van der Waals surface area contributed by atoms with Gasteiger partial charge in [-0.15, -0.1) is 0 Å². The number of carbonyl (C=O) groups excluding carboxylic acids is 1. The molecule has 3 unspecified atom stereocenters. The summed E-state index contributed by atoms with van der Waals surface area (Å²) < 4.78 is 32.5. The summed E-state index contributed by atoms with van der Waals surface area (Å²) >= 11 is 0. The fourth-order valence-corrected chi connectivity index (χ4v) is 8.79. The molecule has 6 heterocycles. The van der Waals surface area contributed by atoms with Gasteiger partial charge in [0, 0.05) is 91.5 Å². The number of carbonyl (C=O) groups is 3. The number of Topliss-reactive ketones (excluding diaryl/α,β-unsaturated/α-hetero) is 1. The van der Waals surface area contributed by atoms with Gasteiger partial charge in [-0.3, -0.25) is 19.6 Å². The highest BCUT2D eigenvalue weighted by molar-refractivity contribution is 6.24. The number of pyridine rings is 2. The second kappa shape index (κ2) is 20.9. The van der Waals surface area contributed by atoms with Crippen molar-refractivity contribution in [2.24, 2.45) is 42.9 Å². The lowest BCUT2D eigenvalue weighted by Crippen LogP contribution is -2.54. The van der Waals surface area contributed by atoms with Crippen molar-refractivity contribution in [3.05, 3.63) is 68.9 Å². The molecule has 22 nitrogen and oxygen atoms in total. The third kappa shape index (κ3) is 10.6. The maximum atomic E-state index is 15.7. The molecule has 3 atom stereocenters. The van der Waals surface area contributed by atoms with Crippen LogP contribution in [0.3, 0.4) is 0 Å². The number of aliphatic imine (C=N–C) groups is 4. The minimum absolute atomic E-state index is 0.0277. The number of rotatable bonds is 15. The molecule has 2 saturated heterocycles. The molecule has 0 aromatic carbocycles. The van der Waals surface area contributed by atoms with E-state index in [0.29, 0.717) is 71.0 Å². The van der Waals surface area contributed by atoms with E-state index in [1.165, 1.54) is 17.0 Å². The molecule has 0 bridgehead atoms. The van der Waals surface area contributed by atoms with Crippen LogP contribution in [-0.2, 0) is 16.1 Å². The molecular weight excluding hydrogens is 875 g/mol. The van der Waals surface area contributed by atoms with Crippen LogP contribution in [-0.4, -0.2) is 171 Å². The van der Waals surface area contributed by atoms with Gasteiger partial charge in [-0.1, -0.05) is 12.8 Å². The summed E-state index contributed by atoms with van der Waals surface area (Å²) in [6, 6.07) is 0.768. The summed E-state index contributed by atoms with van der Waals surface area (Å²) in [4.78, 5) is 81.2. The number of nitrogens with zero attached hydrogens (tertiary/aromatic N) is 12. The number of unbranched alkanes of at least 4 members (excludes halogenated alkanes) is 3. The fourth-order valence-electron chi connectivity index (χ4n) is 8.79. The lowest BCUT2D eigenvalue weighted by Gasteiger charge is -2.46. The van der Waals surface area contributed by atoms with Crippen LogP contribution in [0.1, 0.15) is 62.7 Å². The van der Waals surface area contributed by atoms with Gasteiger partial charge in [-0.2, -0.15) is 9.98 Å². The van der Waals surface area contributed by atoms with Crippen molar-refractivity contribution in [3.8, 4) is 0 Å². The first-order chi connectivity index (χ1) is 31.9. The SMILES string of the molecule is CCN1C=C(C(=O)O)C(=O)C2=CC(F)=C(N3CCC(N(C)/C(N)=N/C(N)=NCCCCCCN=C(N)/N=C(\N)N(C)C4CCN(c5nc6c(cc5F)c(=O)c(C(=O)O)cn6CC)C4)C3)N(C)C21. The summed E-state index contributed by atoms with van der Waals surface area (Å²) in [7, 11) is 5.23. The summed E-state index contributed by atoms with van der Waals surface area (Å²) in [5.74, 6) is -4.07. The molecule has 4 aliphatic rings. The van der Waals surface area contributed by atoms with E-state index in [2.05, 4.69) is 25.0 Å². The van der Waals surface area contributed by atoms with Gasteiger partial charge in [-0.25, -0.2) is 23.4 Å². The molecule has 2 aromatic heterocycles. The van der Waals surface area contributed by atoms with Gasteiger partial charge < -0.3 is 67.1 Å². The number of hydrogen-bond donors (Lipinski definition) is 6. The molecule has 0 saturated carbocycles. The second-order valence-electron chi connectivity index (χ2n) is 16.7. The third-order valence-corrected chi connectivity index (χ3v) is 12.6. The zero-order chi connectivity index (χ0) is 48.9. The minimum Gasteiger partial charge on any atom is -0.477 e. The van der Waals surface area contributed by atoms with Gasteiger partial charge in [0.1, 0.15) is 28.8 Å². The molecule has 0 spiro atoms. The normalized spacial score (nSPS) is 20.8. The molecule has 6 rings (SSSR count). The highest BCUT2D eigenvalue weighted by atomic mass is 19.1. The van der Waals surface area contributed by atoms with Crippen LogP contribution in [0.15, 0.2) is 72.1 Å². The quantitative estimate of drug-likeness (QED) is 0.0623. The molecule has 0 amide bonds. The number of aryl methyl sites for hydroxylation is 1. The summed E-state index contributed by atoms with van der Waals surface area (Å²) in [5.41, 5.74) is 23.4. The molecule has 24 heteroatoms. The van der Waals surface area contributed by atoms with E-state index in [4.69, 9.17) is 22.9 Å². The largest absolute Gasteiger partial charge is 0.477 e. The first-order valence-corrected chi connectivity index (χ1v) is 22.2. The first-order valence-electron chi connectivity index (χ1n) is 22.2. The molecule has 2 aromatic rings. The number of nitrogens with two attached hydrogens (primary N) is 4. The maximum absolute atomic E-state index is 15.7. The Hall–Kier alpha value is -7.27. The van der Waals surface area contributed by atoms with E-state index >= 15 is 8.78 Å². The number of aliphatic carboxylic acids is 1. The number of allylic oxidation sites excluding steroid dienone is 2. The molecule has 362 valence electrons. The van der Waals surface area contributed by atoms with Crippen molar-refractivity contribution in [2.75, 3.05) is 71.9 Å². The highest BCUT2D eigenvalue weighted by Crippen LogP contribution is 2.36. The van der Waals surface area contributed by atoms with Crippen LogP contribution in [0, 0.1) is 5.82 Å². The number of aromatic nitrogens is 2. The van der Waals surface area contributed by atoms with Crippen molar-refractivity contribution in [3.63, 3.8) is 0 Å². The standard InChI is InChI=1S/C43H60F2N16O6/c1-6-58-22-28(38(64)65)32(62)26-18-30(44)35(52-34(26)58)60-16-12-24(20-60)55(3)42(48)53-40(46)50-14-10-8-9-11-15-51-41(47)54-43(49)56(4)25-13-17-61(21-25)37-31(45)19-27-33(63)29(39(66)67)23-59(7-2)36(27)57(37)5/h18-19,22-25,36H,6-17,20-21H2,1-5H3,(H,64,65)(H,66,67)(H4,46,48,50,53)(H4,47,49,51,54). The van der Waals surface area contributed by atoms with Gasteiger partial charge in [0.25, 0.3) is 0 Å². The lowest BCUT2D eigenvalue weighted by molar-refractivity contribution is -0.134. The van der Waals surface area contributed by atoms with Crippen LogP contribution in [0.4, 0.5) is 14.6 Å². The Balaban J connectivity index is 0.922. The zero-order valence-electron chi connectivity index (χ0n) is 38.4. The Bertz CT molecular complexity index is 2550. The predicted molar refractivity (Wildman–Crippen MR) is 250 cm³/mol. The van der Waals surface area contributed by atoms with E-state index in [0.717, 1.165) is 37.8 Å².